The van der Waals surface area contributed by atoms with Gasteiger partial charge >= 0.3 is 76.6 Å². The molecule has 0 saturated heterocycles. The second kappa shape index (κ2) is 6.04. The van der Waals surface area contributed by atoms with Crippen molar-refractivity contribution in [2.75, 3.05) is 0 Å². The Balaban J connectivity index is 4.14. The molecule has 1 radical (unpaired) electrons. The van der Waals surface area contributed by atoms with Crippen molar-refractivity contribution in [1.82, 2.24) is 5.32 Å². The molecular weight excluding hydrogens is 145 g/mol. The average molecular weight is 164 g/mol. The molecule has 0 heterocycles. The van der Waals surface area contributed by atoms with Gasteiger partial charge < -0.3 is 0 Å². The van der Waals surface area contributed by atoms with Gasteiger partial charge in [0.05, 0.1) is 0 Å². The molecule has 0 amide bonds. The third-order valence-corrected chi connectivity index (χ3v) is 1.73. The van der Waals surface area contributed by atoms with Crippen molar-refractivity contribution < 1.29 is 0 Å². The molecule has 0 atom stereocenters. The van der Waals surface area contributed by atoms with Gasteiger partial charge in [0.25, 0.3) is 0 Å². The van der Waals surface area contributed by atoms with Crippen LogP contribution < -0.4 is 5.32 Å². The summed E-state index contributed by atoms with van der Waals surface area (Å²) in [6.45, 7) is 8.51. The summed E-state index contributed by atoms with van der Waals surface area (Å²) in [6, 6.07) is 0. The topological polar surface area (TPSA) is 12.0 Å². The first-order valence-corrected chi connectivity index (χ1v) is 4.70. The van der Waals surface area contributed by atoms with E-state index >= 15 is 0 Å². The van der Waals surface area contributed by atoms with E-state index in [0.717, 1.165) is 18.4 Å². The van der Waals surface area contributed by atoms with Crippen molar-refractivity contribution in [3.63, 3.8) is 0 Å². The van der Waals surface area contributed by atoms with Crippen LogP contribution in [0.3, 0.4) is 0 Å². The molecule has 0 rings (SSSR count). The van der Waals surface area contributed by atoms with Crippen LogP contribution in [0.4, 0.5) is 0 Å². The monoisotopic (exact) mass is 164 g/mol. The molecular formula is C10H19BN. The predicted octanol–water partition coefficient (Wildman–Crippen LogP) is 2.23. The molecule has 0 aromatic rings. The maximum atomic E-state index is 5.71. The zero-order valence-corrected chi connectivity index (χ0v) is 8.65. The van der Waals surface area contributed by atoms with Gasteiger partial charge in [-0.15, -0.1) is 0 Å². The Morgan fingerprint density at radius 1 is 1.42 bits per heavy atom. The summed E-state index contributed by atoms with van der Waals surface area (Å²) >= 11 is 0. The molecule has 0 aliphatic carbocycles. The Bertz CT molecular complexity index is 171. The molecule has 12 heavy (non-hydrogen) atoms. The van der Waals surface area contributed by atoms with Crippen LogP contribution in [-0.4, -0.2) is 13.1 Å². The maximum absolute atomic E-state index is 5.71. The Morgan fingerprint density at radius 3 is 2.33 bits per heavy atom. The number of hydrogen-bond donors (Lipinski definition) is 1. The quantitative estimate of drug-likeness (QED) is 0.614. The summed E-state index contributed by atoms with van der Waals surface area (Å²) < 4.78 is 0. The Kier molecular flexibility index (Phi) is 5.78. The van der Waals surface area contributed by atoms with Crippen molar-refractivity contribution in [2.45, 2.75) is 40.5 Å². The minimum absolute atomic E-state index is 0.523. The van der Waals surface area contributed by atoms with Crippen LogP contribution >= 0.6 is 0 Å². The molecule has 0 bridgehead atoms. The van der Waals surface area contributed by atoms with Crippen LogP contribution in [0.15, 0.2) is 11.8 Å². The standard InChI is InChI=1S/C10H19BN/c1-5-7-9(8(3)4)12-10(11)6-2/h7-8,12H,5-6H2,1-4H3/b9-7-. The van der Waals surface area contributed by atoms with E-state index in [1.165, 1.54) is 5.70 Å². The summed E-state index contributed by atoms with van der Waals surface area (Å²) in [5, 5.41) is 3.22. The zero-order chi connectivity index (χ0) is 9.56. The zero-order valence-electron chi connectivity index (χ0n) is 8.65. The van der Waals surface area contributed by atoms with E-state index in [1.54, 1.807) is 0 Å². The second-order valence-electron chi connectivity index (χ2n) is 3.23. The Labute approximate surface area is 77.3 Å². The number of nitrogens with one attached hydrogen (secondary N) is 1. The van der Waals surface area contributed by atoms with Crippen LogP contribution in [0.1, 0.15) is 40.5 Å². The summed E-state index contributed by atoms with van der Waals surface area (Å²) in [5.41, 5.74) is 2.08. The number of hydrogen-bond acceptors (Lipinski definition) is 1. The van der Waals surface area contributed by atoms with Crippen molar-refractivity contribution >= 4 is 13.1 Å². The summed E-state index contributed by atoms with van der Waals surface area (Å²) in [7, 11) is 5.71. The molecule has 1 nitrogen and oxygen atoms in total. The molecule has 0 aliphatic rings. The van der Waals surface area contributed by atoms with Crippen molar-refractivity contribution in [3.05, 3.63) is 11.8 Å². The molecule has 67 valence electrons. The minimum atomic E-state index is 0.523. The van der Waals surface area contributed by atoms with Gasteiger partial charge in [-0.05, 0) is 0 Å². The van der Waals surface area contributed by atoms with E-state index in [9.17, 15) is 0 Å². The third-order valence-electron chi connectivity index (χ3n) is 1.73. The fourth-order valence-corrected chi connectivity index (χ4v) is 0.925. The van der Waals surface area contributed by atoms with E-state index < -0.39 is 0 Å². The second-order valence-corrected chi connectivity index (χ2v) is 3.23. The molecule has 0 aromatic carbocycles. The van der Waals surface area contributed by atoms with Gasteiger partial charge in [-0.3, -0.25) is 0 Å². The molecule has 0 aliphatic heterocycles. The van der Waals surface area contributed by atoms with Gasteiger partial charge in [-0.25, -0.2) is 0 Å². The Morgan fingerprint density at radius 2 is 2.00 bits per heavy atom. The first-order chi connectivity index (χ1) is 5.61. The van der Waals surface area contributed by atoms with Gasteiger partial charge in [0.1, 0.15) is 0 Å². The normalized spacial score (nSPS) is 11.8. The molecule has 2 heteroatoms. The number of allylic oxidation sites excluding steroid dienone is 2. The first-order valence-electron chi connectivity index (χ1n) is 4.70. The fourth-order valence-electron chi connectivity index (χ4n) is 0.925. The third kappa shape index (κ3) is 4.37. The van der Waals surface area contributed by atoms with Gasteiger partial charge in [0, 0.05) is 0 Å². The van der Waals surface area contributed by atoms with Crippen LogP contribution in [0.25, 0.3) is 0 Å². The van der Waals surface area contributed by atoms with Gasteiger partial charge in [-0.1, -0.05) is 0 Å². The van der Waals surface area contributed by atoms with Gasteiger partial charge in [-0.2, -0.15) is 0 Å². The van der Waals surface area contributed by atoms with Crippen LogP contribution in [0.5, 0.6) is 0 Å². The van der Waals surface area contributed by atoms with Gasteiger partial charge in [0.15, 0.2) is 0 Å². The van der Waals surface area contributed by atoms with Crippen molar-refractivity contribution in [1.29, 1.82) is 0 Å². The first kappa shape index (κ1) is 11.5. The summed E-state index contributed by atoms with van der Waals surface area (Å²) in [5.74, 6) is 0.523. The number of rotatable bonds is 5. The van der Waals surface area contributed by atoms with E-state index in [2.05, 4.69) is 32.2 Å². The average Bonchev–Trinajstić information content (AvgIpc) is 2.03. The summed E-state index contributed by atoms with van der Waals surface area (Å²) in [4.78, 5) is 0. The van der Waals surface area contributed by atoms with E-state index in [4.69, 9.17) is 7.49 Å². The summed E-state index contributed by atoms with van der Waals surface area (Å²) in [6.07, 6.45) is 4.12. The Hall–Kier alpha value is -0.525. The van der Waals surface area contributed by atoms with Crippen LogP contribution in [-0.2, 0) is 0 Å². The SMILES string of the molecule is [B]=C(CC)N/C(=C\CC)C(C)C. The van der Waals surface area contributed by atoms with E-state index in [1.807, 2.05) is 6.92 Å². The predicted molar refractivity (Wildman–Crippen MR) is 57.4 cm³/mol. The van der Waals surface area contributed by atoms with Gasteiger partial charge in [0.2, 0.25) is 0 Å². The van der Waals surface area contributed by atoms with E-state index in [0.29, 0.717) is 5.92 Å². The van der Waals surface area contributed by atoms with E-state index in [-0.39, 0.29) is 0 Å². The molecule has 0 saturated carbocycles. The molecule has 0 unspecified atom stereocenters. The van der Waals surface area contributed by atoms with Crippen LogP contribution in [0, 0.1) is 5.92 Å². The molecule has 0 fully saturated rings. The fraction of sp³-hybridized carbons (Fsp3) is 0.700. The van der Waals surface area contributed by atoms with Crippen molar-refractivity contribution in [2.24, 2.45) is 5.92 Å². The molecule has 0 aromatic heterocycles. The van der Waals surface area contributed by atoms with Crippen LogP contribution in [0.2, 0.25) is 0 Å². The molecule has 1 N–H and O–H groups in total. The van der Waals surface area contributed by atoms with Crippen molar-refractivity contribution in [3.8, 4) is 0 Å². The molecule has 0 spiro atoms.